The zero-order valence-electron chi connectivity index (χ0n) is 15.9. The van der Waals surface area contributed by atoms with Gasteiger partial charge in [-0.05, 0) is 54.7 Å². The number of fused-ring (bicyclic) bond motifs is 1. The number of nitrogens with one attached hydrogen (secondary N) is 2. The Kier molecular flexibility index (Phi) is 5.38. The fourth-order valence-corrected chi connectivity index (χ4v) is 4.82. The van der Waals surface area contributed by atoms with Crippen molar-refractivity contribution in [2.75, 3.05) is 11.6 Å². The van der Waals surface area contributed by atoms with Crippen LogP contribution in [0.4, 0.5) is 10.8 Å². The Morgan fingerprint density at radius 2 is 1.90 bits per heavy atom. The van der Waals surface area contributed by atoms with E-state index in [-0.39, 0.29) is 16.8 Å². The summed E-state index contributed by atoms with van der Waals surface area (Å²) in [6, 6.07) is 14.7. The van der Waals surface area contributed by atoms with Gasteiger partial charge in [0.2, 0.25) is 0 Å². The Morgan fingerprint density at radius 1 is 1.14 bits per heavy atom. The molecule has 2 N–H and O–H groups in total. The maximum absolute atomic E-state index is 12.7. The molecule has 1 heterocycles. The van der Waals surface area contributed by atoms with E-state index >= 15 is 0 Å². The van der Waals surface area contributed by atoms with Gasteiger partial charge in [0, 0.05) is 17.3 Å². The number of carbonyl (C=O) groups excluding carboxylic acids is 1. The van der Waals surface area contributed by atoms with Gasteiger partial charge in [0.15, 0.2) is 15.0 Å². The summed E-state index contributed by atoms with van der Waals surface area (Å²) in [5.74, 6) is -0.191. The molecular weight excluding hydrogens is 406 g/mol. The van der Waals surface area contributed by atoms with Crippen LogP contribution in [0.15, 0.2) is 58.8 Å². The van der Waals surface area contributed by atoms with E-state index in [1.807, 2.05) is 12.1 Å². The van der Waals surface area contributed by atoms with Crippen LogP contribution in [0.2, 0.25) is 0 Å². The molecule has 6 nitrogen and oxygen atoms in total. The Balaban J connectivity index is 1.43. The molecule has 1 aliphatic carbocycles. The number of aryl methyl sites for hydroxylation is 1. The van der Waals surface area contributed by atoms with Crippen molar-refractivity contribution >= 4 is 37.9 Å². The number of rotatable bonds is 5. The van der Waals surface area contributed by atoms with Gasteiger partial charge in [-0.15, -0.1) is 11.3 Å². The van der Waals surface area contributed by atoms with Crippen molar-refractivity contribution in [1.82, 2.24) is 10.3 Å². The average molecular weight is 428 g/mol. The Morgan fingerprint density at radius 3 is 2.66 bits per heavy atom. The third-order valence-corrected chi connectivity index (χ3v) is 6.83. The molecule has 0 bridgehead atoms. The van der Waals surface area contributed by atoms with E-state index < -0.39 is 9.84 Å². The number of amides is 1. The summed E-state index contributed by atoms with van der Waals surface area (Å²) in [4.78, 5) is 17.3. The number of nitrogens with zero attached hydrogens (tertiary/aromatic N) is 1. The van der Waals surface area contributed by atoms with E-state index in [4.69, 9.17) is 0 Å². The molecule has 0 saturated heterocycles. The summed E-state index contributed by atoms with van der Waals surface area (Å²) in [5, 5.41) is 8.51. The van der Waals surface area contributed by atoms with Gasteiger partial charge < -0.3 is 10.6 Å². The van der Waals surface area contributed by atoms with E-state index in [0.717, 1.165) is 19.3 Å². The van der Waals surface area contributed by atoms with E-state index in [1.165, 1.54) is 28.7 Å². The second-order valence-corrected chi connectivity index (χ2v) is 9.95. The van der Waals surface area contributed by atoms with Crippen LogP contribution in [0.5, 0.6) is 0 Å². The highest BCUT2D eigenvalue weighted by atomic mass is 32.2. The zero-order valence-corrected chi connectivity index (χ0v) is 17.5. The van der Waals surface area contributed by atoms with Crippen LogP contribution in [0.3, 0.4) is 0 Å². The highest BCUT2D eigenvalue weighted by molar-refractivity contribution is 7.90. The minimum absolute atomic E-state index is 0.00842. The van der Waals surface area contributed by atoms with Gasteiger partial charge in [-0.2, -0.15) is 0 Å². The molecule has 1 unspecified atom stereocenters. The SMILES string of the molecule is CS(=O)(=O)c1ccc(Nc2nc(C(=O)NC3CCCc4ccccc43)cs2)cc1. The van der Waals surface area contributed by atoms with Gasteiger partial charge in [-0.25, -0.2) is 13.4 Å². The van der Waals surface area contributed by atoms with Gasteiger partial charge in [0.05, 0.1) is 10.9 Å². The van der Waals surface area contributed by atoms with Crippen molar-refractivity contribution in [2.24, 2.45) is 0 Å². The Hall–Kier alpha value is -2.71. The third-order valence-electron chi connectivity index (χ3n) is 4.95. The fourth-order valence-electron chi connectivity index (χ4n) is 3.48. The molecule has 1 atom stereocenters. The predicted molar refractivity (Wildman–Crippen MR) is 115 cm³/mol. The number of carbonyl (C=O) groups is 1. The summed E-state index contributed by atoms with van der Waals surface area (Å²) in [6.07, 6.45) is 4.19. The van der Waals surface area contributed by atoms with Crippen molar-refractivity contribution in [3.63, 3.8) is 0 Å². The fraction of sp³-hybridized carbons (Fsp3) is 0.238. The molecule has 0 spiro atoms. The number of aromatic nitrogens is 1. The first kappa shape index (κ1) is 19.6. The normalized spacial score (nSPS) is 16.1. The highest BCUT2D eigenvalue weighted by Gasteiger charge is 2.23. The van der Waals surface area contributed by atoms with Crippen LogP contribution in [-0.2, 0) is 16.3 Å². The van der Waals surface area contributed by atoms with Crippen LogP contribution in [0, 0.1) is 0 Å². The van der Waals surface area contributed by atoms with E-state index in [0.29, 0.717) is 16.5 Å². The second kappa shape index (κ2) is 7.96. The summed E-state index contributed by atoms with van der Waals surface area (Å²) in [7, 11) is -3.23. The molecule has 0 radical (unpaired) electrons. The summed E-state index contributed by atoms with van der Waals surface area (Å²) in [5.41, 5.74) is 3.56. The van der Waals surface area contributed by atoms with E-state index in [9.17, 15) is 13.2 Å². The smallest absolute Gasteiger partial charge is 0.271 e. The first-order valence-electron chi connectivity index (χ1n) is 9.31. The molecule has 3 aromatic rings. The molecule has 0 fully saturated rings. The molecule has 0 saturated carbocycles. The van der Waals surface area contributed by atoms with Crippen molar-refractivity contribution in [1.29, 1.82) is 0 Å². The largest absolute Gasteiger partial charge is 0.344 e. The zero-order chi connectivity index (χ0) is 20.4. The van der Waals surface area contributed by atoms with Crippen LogP contribution in [0.25, 0.3) is 0 Å². The number of hydrogen-bond acceptors (Lipinski definition) is 6. The number of hydrogen-bond donors (Lipinski definition) is 2. The summed E-state index contributed by atoms with van der Waals surface area (Å²) < 4.78 is 23.1. The quantitative estimate of drug-likeness (QED) is 0.640. The lowest BCUT2D eigenvalue weighted by atomic mass is 9.88. The molecule has 1 aromatic heterocycles. The van der Waals surface area contributed by atoms with Gasteiger partial charge in [-0.3, -0.25) is 4.79 Å². The molecule has 4 rings (SSSR count). The van der Waals surface area contributed by atoms with E-state index in [2.05, 4.69) is 27.8 Å². The maximum Gasteiger partial charge on any atom is 0.271 e. The van der Waals surface area contributed by atoms with Crippen molar-refractivity contribution in [2.45, 2.75) is 30.2 Å². The molecule has 8 heteroatoms. The minimum Gasteiger partial charge on any atom is -0.344 e. The molecule has 2 aromatic carbocycles. The van der Waals surface area contributed by atoms with Gasteiger partial charge in [0.1, 0.15) is 5.69 Å². The van der Waals surface area contributed by atoms with E-state index in [1.54, 1.807) is 29.6 Å². The lowest BCUT2D eigenvalue weighted by Crippen LogP contribution is -2.31. The molecule has 150 valence electrons. The standard InChI is InChI=1S/C21H21N3O3S2/c1-29(26,27)16-11-9-15(10-12-16)22-21-24-19(13-28-21)20(25)23-18-8-4-6-14-5-2-3-7-17(14)18/h2-3,5,7,9-13,18H,4,6,8H2,1H3,(H,22,24)(H,23,25). The average Bonchev–Trinajstić information content (AvgIpc) is 3.17. The number of anilines is 2. The first-order chi connectivity index (χ1) is 13.9. The molecule has 1 aliphatic rings. The predicted octanol–water partition coefficient (Wildman–Crippen LogP) is 4.10. The molecule has 1 amide bonds. The van der Waals surface area contributed by atoms with Crippen LogP contribution < -0.4 is 10.6 Å². The van der Waals surface area contributed by atoms with Crippen molar-refractivity contribution < 1.29 is 13.2 Å². The van der Waals surface area contributed by atoms with Crippen molar-refractivity contribution in [3.8, 4) is 0 Å². The summed E-state index contributed by atoms with van der Waals surface area (Å²) in [6.45, 7) is 0. The van der Waals surface area contributed by atoms with Gasteiger partial charge in [-0.1, -0.05) is 24.3 Å². The molecule has 29 heavy (non-hydrogen) atoms. The molecular formula is C21H21N3O3S2. The number of sulfone groups is 1. The number of thiazole rings is 1. The Bertz CT molecular complexity index is 1140. The minimum atomic E-state index is -3.23. The Labute approximate surface area is 173 Å². The van der Waals surface area contributed by atoms with Crippen LogP contribution >= 0.6 is 11.3 Å². The molecule has 0 aliphatic heterocycles. The lowest BCUT2D eigenvalue weighted by Gasteiger charge is -2.26. The third kappa shape index (κ3) is 4.49. The van der Waals surface area contributed by atoms with Gasteiger partial charge >= 0.3 is 0 Å². The number of benzene rings is 2. The van der Waals surface area contributed by atoms with Crippen LogP contribution in [0.1, 0.15) is 40.5 Å². The first-order valence-corrected chi connectivity index (χ1v) is 12.1. The van der Waals surface area contributed by atoms with Crippen molar-refractivity contribution in [3.05, 3.63) is 70.7 Å². The highest BCUT2D eigenvalue weighted by Crippen LogP contribution is 2.30. The van der Waals surface area contributed by atoms with Gasteiger partial charge in [0.25, 0.3) is 5.91 Å². The summed E-state index contributed by atoms with van der Waals surface area (Å²) >= 11 is 1.33. The lowest BCUT2D eigenvalue weighted by molar-refractivity contribution is 0.0928. The second-order valence-electron chi connectivity index (χ2n) is 7.08. The maximum atomic E-state index is 12.7. The topological polar surface area (TPSA) is 88.2 Å². The monoisotopic (exact) mass is 427 g/mol. The van der Waals surface area contributed by atoms with Crippen LogP contribution in [-0.4, -0.2) is 25.6 Å².